The number of carbonyl (C=O) groups excluding carboxylic acids is 1. The van der Waals surface area contributed by atoms with Crippen molar-refractivity contribution in [3.63, 3.8) is 0 Å². The third kappa shape index (κ3) is 5.14. The monoisotopic (exact) mass is 296 g/mol. The van der Waals surface area contributed by atoms with Crippen LogP contribution in [0.1, 0.15) is 30.9 Å². The van der Waals surface area contributed by atoms with Gasteiger partial charge < -0.3 is 10.6 Å². The van der Waals surface area contributed by atoms with Gasteiger partial charge in [0.25, 0.3) is 0 Å². The van der Waals surface area contributed by atoms with E-state index in [1.165, 1.54) is 5.56 Å². The Kier molecular flexibility index (Phi) is 6.50. The maximum atomic E-state index is 12.0. The Balaban J connectivity index is 0.00000200. The molecule has 0 radical (unpaired) electrons. The van der Waals surface area contributed by atoms with E-state index in [2.05, 4.69) is 36.6 Å². The molecule has 0 unspecified atom stereocenters. The van der Waals surface area contributed by atoms with E-state index in [1.54, 1.807) is 0 Å². The zero-order chi connectivity index (χ0) is 13.7. The van der Waals surface area contributed by atoms with Gasteiger partial charge in [0.15, 0.2) is 0 Å². The van der Waals surface area contributed by atoms with Crippen LogP contribution >= 0.6 is 12.4 Å². The molecule has 1 saturated heterocycles. The molecule has 20 heavy (non-hydrogen) atoms. The topological polar surface area (TPSA) is 41.1 Å². The molecule has 3 nitrogen and oxygen atoms in total. The molecule has 0 atom stereocenters. The van der Waals surface area contributed by atoms with Gasteiger partial charge in [-0.15, -0.1) is 12.4 Å². The third-order valence-electron chi connectivity index (χ3n) is 4.01. The molecular weight excluding hydrogens is 272 g/mol. The van der Waals surface area contributed by atoms with E-state index < -0.39 is 0 Å². The van der Waals surface area contributed by atoms with Crippen molar-refractivity contribution in [3.8, 4) is 0 Å². The molecule has 4 heteroatoms. The highest BCUT2D eigenvalue weighted by Crippen LogP contribution is 2.26. The first-order chi connectivity index (χ1) is 9.07. The van der Waals surface area contributed by atoms with Gasteiger partial charge in [0.2, 0.25) is 5.91 Å². The summed E-state index contributed by atoms with van der Waals surface area (Å²) in [5, 5.41) is 6.45. The van der Waals surface area contributed by atoms with Crippen molar-refractivity contribution in [1.82, 2.24) is 10.6 Å². The smallest absolute Gasteiger partial charge is 0.224 e. The molecule has 0 bridgehead atoms. The predicted molar refractivity (Wildman–Crippen MR) is 85.4 cm³/mol. The molecular formula is C16H25ClN2O. The Morgan fingerprint density at radius 2 is 1.85 bits per heavy atom. The van der Waals surface area contributed by atoms with Gasteiger partial charge in [-0.1, -0.05) is 36.8 Å². The maximum absolute atomic E-state index is 12.0. The van der Waals surface area contributed by atoms with Crippen molar-refractivity contribution in [2.45, 2.75) is 33.1 Å². The summed E-state index contributed by atoms with van der Waals surface area (Å²) in [6.07, 6.45) is 2.75. The zero-order valence-corrected chi connectivity index (χ0v) is 13.2. The second kappa shape index (κ2) is 7.65. The summed E-state index contributed by atoms with van der Waals surface area (Å²) in [4.78, 5) is 12.0. The van der Waals surface area contributed by atoms with Crippen molar-refractivity contribution in [2.75, 3.05) is 19.6 Å². The molecule has 1 amide bonds. The summed E-state index contributed by atoms with van der Waals surface area (Å²) >= 11 is 0. The number of nitrogens with one attached hydrogen (secondary N) is 2. The van der Waals surface area contributed by atoms with E-state index in [1.807, 2.05) is 12.1 Å². The lowest BCUT2D eigenvalue weighted by Crippen LogP contribution is -2.43. The number of aryl methyl sites for hydroxylation is 1. The van der Waals surface area contributed by atoms with E-state index in [0.29, 0.717) is 6.42 Å². The van der Waals surface area contributed by atoms with Crippen LogP contribution in [0.15, 0.2) is 24.3 Å². The minimum Gasteiger partial charge on any atom is -0.355 e. The van der Waals surface area contributed by atoms with Gasteiger partial charge in [-0.2, -0.15) is 0 Å². The summed E-state index contributed by atoms with van der Waals surface area (Å²) in [5.41, 5.74) is 2.57. The Morgan fingerprint density at radius 3 is 2.45 bits per heavy atom. The Hall–Kier alpha value is -1.06. The fourth-order valence-electron chi connectivity index (χ4n) is 2.47. The van der Waals surface area contributed by atoms with E-state index >= 15 is 0 Å². The predicted octanol–water partition coefficient (Wildman–Crippen LogP) is 2.47. The number of piperidine rings is 1. The fraction of sp³-hybridized carbons (Fsp3) is 0.562. The number of hydrogen-bond donors (Lipinski definition) is 2. The summed E-state index contributed by atoms with van der Waals surface area (Å²) < 4.78 is 0. The van der Waals surface area contributed by atoms with Gasteiger partial charge in [-0.05, 0) is 43.8 Å². The molecule has 0 saturated carbocycles. The van der Waals surface area contributed by atoms with Crippen LogP contribution in [-0.4, -0.2) is 25.5 Å². The molecule has 1 aromatic carbocycles. The highest BCUT2D eigenvalue weighted by atomic mass is 35.5. The van der Waals surface area contributed by atoms with Gasteiger partial charge in [-0.3, -0.25) is 4.79 Å². The number of benzene rings is 1. The number of halogens is 1. The second-order valence-corrected chi connectivity index (χ2v) is 6.00. The molecule has 2 N–H and O–H groups in total. The molecule has 0 spiro atoms. The van der Waals surface area contributed by atoms with Gasteiger partial charge in [-0.25, -0.2) is 0 Å². The summed E-state index contributed by atoms with van der Waals surface area (Å²) in [6, 6.07) is 8.16. The average molecular weight is 297 g/mol. The van der Waals surface area contributed by atoms with Crippen molar-refractivity contribution < 1.29 is 4.79 Å². The lowest BCUT2D eigenvalue weighted by atomic mass is 9.81. The molecule has 0 aliphatic carbocycles. The summed E-state index contributed by atoms with van der Waals surface area (Å²) in [7, 11) is 0. The van der Waals surface area contributed by atoms with Crippen LogP contribution in [0.4, 0.5) is 0 Å². The van der Waals surface area contributed by atoms with E-state index in [0.717, 1.165) is 38.0 Å². The molecule has 1 aliphatic heterocycles. The van der Waals surface area contributed by atoms with Crippen molar-refractivity contribution in [3.05, 3.63) is 35.4 Å². The normalized spacial score (nSPS) is 17.1. The lowest BCUT2D eigenvalue weighted by molar-refractivity contribution is -0.121. The summed E-state index contributed by atoms with van der Waals surface area (Å²) in [5.74, 6) is 0.128. The molecule has 2 rings (SSSR count). The quantitative estimate of drug-likeness (QED) is 0.896. The number of rotatable bonds is 4. The van der Waals surface area contributed by atoms with Crippen molar-refractivity contribution in [1.29, 1.82) is 0 Å². The highest BCUT2D eigenvalue weighted by Gasteiger charge is 2.26. The minimum atomic E-state index is 0. The SMILES string of the molecule is Cc1ccc(CC(=O)NCC2(C)CCNCC2)cc1.Cl. The minimum absolute atomic E-state index is 0. The maximum Gasteiger partial charge on any atom is 0.224 e. The first kappa shape index (κ1) is 17.0. The molecule has 1 fully saturated rings. The second-order valence-electron chi connectivity index (χ2n) is 6.00. The third-order valence-corrected chi connectivity index (χ3v) is 4.01. The molecule has 1 aromatic rings. The van der Waals surface area contributed by atoms with Crippen LogP contribution in [0, 0.1) is 12.3 Å². The first-order valence-corrected chi connectivity index (χ1v) is 7.10. The molecule has 112 valence electrons. The van der Waals surface area contributed by atoms with Crippen molar-refractivity contribution in [2.24, 2.45) is 5.41 Å². The van der Waals surface area contributed by atoms with Crippen LogP contribution in [0.25, 0.3) is 0 Å². The average Bonchev–Trinajstić information content (AvgIpc) is 2.40. The van der Waals surface area contributed by atoms with Crippen LogP contribution in [0.2, 0.25) is 0 Å². The molecule has 0 aromatic heterocycles. The van der Waals surface area contributed by atoms with Crippen LogP contribution in [0.3, 0.4) is 0 Å². The molecule has 1 aliphatic rings. The zero-order valence-electron chi connectivity index (χ0n) is 12.4. The van der Waals surface area contributed by atoms with Gasteiger partial charge in [0.1, 0.15) is 0 Å². The highest BCUT2D eigenvalue weighted by molar-refractivity contribution is 5.85. The van der Waals surface area contributed by atoms with Gasteiger partial charge in [0, 0.05) is 6.54 Å². The van der Waals surface area contributed by atoms with Crippen LogP contribution in [-0.2, 0) is 11.2 Å². The number of amides is 1. The summed E-state index contributed by atoms with van der Waals surface area (Å²) in [6.45, 7) is 7.23. The number of hydrogen-bond acceptors (Lipinski definition) is 2. The Morgan fingerprint density at radius 1 is 1.25 bits per heavy atom. The first-order valence-electron chi connectivity index (χ1n) is 7.10. The standard InChI is InChI=1S/C16H24N2O.ClH/c1-13-3-5-14(6-4-13)11-15(19)18-12-16(2)7-9-17-10-8-16;/h3-6,17H,7-12H2,1-2H3,(H,18,19);1H. The van der Waals surface area contributed by atoms with Crippen molar-refractivity contribution >= 4 is 18.3 Å². The largest absolute Gasteiger partial charge is 0.355 e. The van der Waals surface area contributed by atoms with Crippen LogP contribution < -0.4 is 10.6 Å². The van der Waals surface area contributed by atoms with Gasteiger partial charge in [0.05, 0.1) is 6.42 Å². The Bertz CT molecular complexity index is 425. The van der Waals surface area contributed by atoms with E-state index in [9.17, 15) is 4.79 Å². The van der Waals surface area contributed by atoms with E-state index in [4.69, 9.17) is 0 Å². The fourth-order valence-corrected chi connectivity index (χ4v) is 2.47. The Labute approximate surface area is 127 Å². The lowest BCUT2D eigenvalue weighted by Gasteiger charge is -2.34. The van der Waals surface area contributed by atoms with E-state index in [-0.39, 0.29) is 23.7 Å². The molecule has 1 heterocycles. The number of carbonyl (C=O) groups is 1. The van der Waals surface area contributed by atoms with Crippen LogP contribution in [0.5, 0.6) is 0 Å². The van der Waals surface area contributed by atoms with Gasteiger partial charge >= 0.3 is 0 Å².